The van der Waals surface area contributed by atoms with Gasteiger partial charge < -0.3 is 10.5 Å². The van der Waals surface area contributed by atoms with Gasteiger partial charge in [-0.25, -0.2) is 0 Å². The summed E-state index contributed by atoms with van der Waals surface area (Å²) in [6, 6.07) is 0. The molecule has 0 aliphatic heterocycles. The molecule has 0 aromatic carbocycles. The highest BCUT2D eigenvalue weighted by atomic mass is 32.1. The van der Waals surface area contributed by atoms with E-state index in [-0.39, 0.29) is 0 Å². The summed E-state index contributed by atoms with van der Waals surface area (Å²) >= 11 is 1.67. The Kier molecular flexibility index (Phi) is 3.39. The topological polar surface area (TPSA) is 35.2 Å². The van der Waals surface area contributed by atoms with E-state index >= 15 is 0 Å². The molecule has 0 aliphatic carbocycles. The lowest BCUT2D eigenvalue weighted by atomic mass is 10.3. The van der Waals surface area contributed by atoms with Crippen LogP contribution in [0.4, 0.5) is 0 Å². The van der Waals surface area contributed by atoms with Crippen LogP contribution in [-0.2, 0) is 0 Å². The monoisotopic (exact) mass is 171 g/mol. The van der Waals surface area contributed by atoms with Gasteiger partial charge in [0.05, 0.1) is 6.61 Å². The standard InChI is InChI=1S/C8H13NOS/c1-7-5-11-6-8(7)10-4-2-3-9/h5-6H,2-4,9H2,1H3. The summed E-state index contributed by atoms with van der Waals surface area (Å²) in [6.45, 7) is 3.48. The summed E-state index contributed by atoms with van der Waals surface area (Å²) in [6.07, 6.45) is 0.926. The summed E-state index contributed by atoms with van der Waals surface area (Å²) in [7, 11) is 0. The maximum atomic E-state index is 5.45. The molecule has 2 nitrogen and oxygen atoms in total. The lowest BCUT2D eigenvalue weighted by Crippen LogP contribution is -2.05. The lowest BCUT2D eigenvalue weighted by molar-refractivity contribution is 0.313. The van der Waals surface area contributed by atoms with Gasteiger partial charge in [-0.1, -0.05) is 0 Å². The highest BCUT2D eigenvalue weighted by molar-refractivity contribution is 7.08. The number of aryl methyl sites for hydroxylation is 1. The zero-order valence-electron chi connectivity index (χ0n) is 6.67. The zero-order valence-corrected chi connectivity index (χ0v) is 7.49. The fourth-order valence-electron chi connectivity index (χ4n) is 0.762. The van der Waals surface area contributed by atoms with E-state index in [4.69, 9.17) is 10.5 Å². The van der Waals surface area contributed by atoms with E-state index in [0.717, 1.165) is 18.8 Å². The molecule has 0 amide bonds. The van der Waals surface area contributed by atoms with Crippen molar-refractivity contribution in [1.29, 1.82) is 0 Å². The molecule has 1 rings (SSSR count). The minimum absolute atomic E-state index is 0.698. The number of hydrogen-bond acceptors (Lipinski definition) is 3. The third-order valence-corrected chi connectivity index (χ3v) is 2.25. The van der Waals surface area contributed by atoms with Crippen molar-refractivity contribution in [1.82, 2.24) is 0 Å². The second kappa shape index (κ2) is 4.36. The predicted molar refractivity (Wildman–Crippen MR) is 48.2 cm³/mol. The molecule has 0 fully saturated rings. The van der Waals surface area contributed by atoms with Crippen molar-refractivity contribution >= 4 is 11.3 Å². The molecule has 0 atom stereocenters. The smallest absolute Gasteiger partial charge is 0.132 e. The van der Waals surface area contributed by atoms with Crippen molar-refractivity contribution in [3.8, 4) is 5.75 Å². The number of rotatable bonds is 4. The Bertz CT molecular complexity index is 210. The van der Waals surface area contributed by atoms with Gasteiger partial charge in [-0.3, -0.25) is 0 Å². The molecule has 2 N–H and O–H groups in total. The van der Waals surface area contributed by atoms with E-state index in [0.29, 0.717) is 6.54 Å². The molecule has 11 heavy (non-hydrogen) atoms. The fourth-order valence-corrected chi connectivity index (χ4v) is 1.53. The summed E-state index contributed by atoms with van der Waals surface area (Å²) in [5.41, 5.74) is 6.54. The maximum absolute atomic E-state index is 5.45. The average Bonchev–Trinajstić information content (AvgIpc) is 2.37. The number of thiophene rings is 1. The maximum Gasteiger partial charge on any atom is 0.132 e. The third kappa shape index (κ3) is 2.52. The predicted octanol–water partition coefficient (Wildman–Crippen LogP) is 1.78. The molecule has 1 aromatic heterocycles. The summed E-state index contributed by atoms with van der Waals surface area (Å²) < 4.78 is 5.45. The van der Waals surface area contributed by atoms with Gasteiger partial charge in [0.2, 0.25) is 0 Å². The molecule has 0 radical (unpaired) electrons. The first-order valence-electron chi connectivity index (χ1n) is 3.70. The van der Waals surface area contributed by atoms with Gasteiger partial charge in [-0.05, 0) is 25.3 Å². The Balaban J connectivity index is 2.32. The van der Waals surface area contributed by atoms with Gasteiger partial charge in [0.15, 0.2) is 0 Å². The molecule has 62 valence electrons. The molecule has 0 unspecified atom stereocenters. The normalized spacial score (nSPS) is 10.0. The Morgan fingerprint density at radius 1 is 1.55 bits per heavy atom. The van der Waals surface area contributed by atoms with Crippen LogP contribution in [0, 0.1) is 6.92 Å². The minimum atomic E-state index is 0.698. The fraction of sp³-hybridized carbons (Fsp3) is 0.500. The Labute approximate surface area is 71.0 Å². The van der Waals surface area contributed by atoms with Crippen LogP contribution in [0.25, 0.3) is 0 Å². The number of nitrogens with two attached hydrogens (primary N) is 1. The summed E-state index contributed by atoms with van der Waals surface area (Å²) in [5.74, 6) is 1.00. The van der Waals surface area contributed by atoms with Gasteiger partial charge in [0.25, 0.3) is 0 Å². The molecular weight excluding hydrogens is 158 g/mol. The van der Waals surface area contributed by atoms with Gasteiger partial charge in [-0.15, -0.1) is 11.3 Å². The molecule has 1 aromatic rings. The van der Waals surface area contributed by atoms with Crippen LogP contribution in [0.15, 0.2) is 10.8 Å². The van der Waals surface area contributed by atoms with Crippen LogP contribution in [0.5, 0.6) is 5.75 Å². The van der Waals surface area contributed by atoms with Crippen LogP contribution in [0.3, 0.4) is 0 Å². The zero-order chi connectivity index (χ0) is 8.10. The van der Waals surface area contributed by atoms with Crippen LogP contribution in [0.2, 0.25) is 0 Å². The first-order valence-corrected chi connectivity index (χ1v) is 4.64. The first-order chi connectivity index (χ1) is 5.34. The quantitative estimate of drug-likeness (QED) is 0.701. The molecule has 1 heterocycles. The third-order valence-electron chi connectivity index (χ3n) is 1.41. The Morgan fingerprint density at radius 3 is 2.91 bits per heavy atom. The molecular formula is C8H13NOS. The highest BCUT2D eigenvalue weighted by Gasteiger charge is 1.97. The number of ether oxygens (including phenoxy) is 1. The van der Waals surface area contributed by atoms with E-state index in [1.807, 2.05) is 12.3 Å². The molecule has 0 saturated carbocycles. The van der Waals surface area contributed by atoms with E-state index in [1.165, 1.54) is 5.56 Å². The molecule has 0 bridgehead atoms. The second-order valence-electron chi connectivity index (χ2n) is 2.41. The summed E-state index contributed by atoms with van der Waals surface area (Å²) in [5, 5.41) is 4.10. The van der Waals surface area contributed by atoms with Gasteiger partial charge in [-0.2, -0.15) is 0 Å². The minimum Gasteiger partial charge on any atom is -0.492 e. The average molecular weight is 171 g/mol. The van der Waals surface area contributed by atoms with Crippen LogP contribution < -0.4 is 10.5 Å². The number of hydrogen-bond donors (Lipinski definition) is 1. The first kappa shape index (κ1) is 8.56. The summed E-state index contributed by atoms with van der Waals surface area (Å²) in [4.78, 5) is 0. The van der Waals surface area contributed by atoms with E-state index in [9.17, 15) is 0 Å². The SMILES string of the molecule is Cc1cscc1OCCCN. The molecule has 0 aliphatic rings. The van der Waals surface area contributed by atoms with Crippen molar-refractivity contribution in [2.45, 2.75) is 13.3 Å². The molecule has 0 spiro atoms. The molecule has 0 saturated heterocycles. The van der Waals surface area contributed by atoms with Crippen molar-refractivity contribution in [3.05, 3.63) is 16.3 Å². The van der Waals surface area contributed by atoms with E-state index < -0.39 is 0 Å². The van der Waals surface area contributed by atoms with E-state index in [2.05, 4.69) is 5.38 Å². The Morgan fingerprint density at radius 2 is 2.36 bits per heavy atom. The Hall–Kier alpha value is -0.540. The van der Waals surface area contributed by atoms with Crippen molar-refractivity contribution in [2.24, 2.45) is 5.73 Å². The van der Waals surface area contributed by atoms with Gasteiger partial charge >= 0.3 is 0 Å². The van der Waals surface area contributed by atoms with E-state index in [1.54, 1.807) is 11.3 Å². The highest BCUT2D eigenvalue weighted by Crippen LogP contribution is 2.21. The van der Waals surface area contributed by atoms with Crippen molar-refractivity contribution in [3.63, 3.8) is 0 Å². The van der Waals surface area contributed by atoms with Crippen LogP contribution in [0.1, 0.15) is 12.0 Å². The second-order valence-corrected chi connectivity index (χ2v) is 3.15. The van der Waals surface area contributed by atoms with Gasteiger partial charge in [0.1, 0.15) is 5.75 Å². The molecule has 3 heteroatoms. The van der Waals surface area contributed by atoms with Crippen LogP contribution in [-0.4, -0.2) is 13.2 Å². The lowest BCUT2D eigenvalue weighted by Gasteiger charge is -2.02. The van der Waals surface area contributed by atoms with Crippen molar-refractivity contribution in [2.75, 3.05) is 13.2 Å². The van der Waals surface area contributed by atoms with Gasteiger partial charge in [0, 0.05) is 10.9 Å². The van der Waals surface area contributed by atoms with Crippen molar-refractivity contribution < 1.29 is 4.74 Å². The largest absolute Gasteiger partial charge is 0.492 e. The van der Waals surface area contributed by atoms with Crippen LogP contribution >= 0.6 is 11.3 Å².